The largest absolute Gasteiger partial charge is 0.389 e. The first-order valence-electron chi connectivity index (χ1n) is 11.5. The maximum Gasteiger partial charge on any atom is 0.329 e. The molecule has 1 saturated carbocycles. The molecule has 2 N–H and O–H groups in total. The van der Waals surface area contributed by atoms with Crippen molar-refractivity contribution in [1.82, 2.24) is 10.2 Å². The van der Waals surface area contributed by atoms with Gasteiger partial charge in [0.05, 0.1) is 11.3 Å². The number of benzene rings is 1. The fraction of sp³-hybridized carbons (Fsp3) is 0.625. The lowest BCUT2D eigenvalue weighted by molar-refractivity contribution is -0.143. The van der Waals surface area contributed by atoms with E-state index in [0.717, 1.165) is 31.2 Å². The molecule has 0 aromatic heterocycles. The Morgan fingerprint density at radius 2 is 1.94 bits per heavy atom. The Hall–Kier alpha value is -2.41. The van der Waals surface area contributed by atoms with Crippen LogP contribution in [0.25, 0.3) is 0 Å². The fourth-order valence-corrected chi connectivity index (χ4v) is 5.20. The van der Waals surface area contributed by atoms with Crippen molar-refractivity contribution >= 4 is 23.5 Å². The van der Waals surface area contributed by atoms with Gasteiger partial charge in [-0.15, -0.1) is 0 Å². The summed E-state index contributed by atoms with van der Waals surface area (Å²) in [6.07, 6.45) is 5.07. The molecule has 2 saturated heterocycles. The lowest BCUT2D eigenvalue weighted by Gasteiger charge is -2.47. The number of urea groups is 1. The van der Waals surface area contributed by atoms with E-state index in [4.69, 9.17) is 0 Å². The molecule has 3 aliphatic rings. The number of likely N-dealkylation sites (tertiary alicyclic amines) is 1. The molecule has 0 radical (unpaired) electrons. The first-order valence-corrected chi connectivity index (χ1v) is 11.5. The molecule has 7 nitrogen and oxygen atoms in total. The average molecular weight is 428 g/mol. The Kier molecular flexibility index (Phi) is 6.06. The molecule has 3 atom stereocenters. The molecule has 31 heavy (non-hydrogen) atoms. The van der Waals surface area contributed by atoms with Gasteiger partial charge >= 0.3 is 6.03 Å². The summed E-state index contributed by atoms with van der Waals surface area (Å²) in [7, 11) is 0. The number of hydrogen-bond donors (Lipinski definition) is 2. The highest BCUT2D eigenvalue weighted by atomic mass is 16.3. The van der Waals surface area contributed by atoms with Crippen LogP contribution in [0.2, 0.25) is 0 Å². The third-order valence-electron chi connectivity index (χ3n) is 7.26. The summed E-state index contributed by atoms with van der Waals surface area (Å²) in [6, 6.07) is 6.32. The lowest BCUT2D eigenvalue weighted by atomic mass is 9.71. The van der Waals surface area contributed by atoms with Crippen LogP contribution in [0.5, 0.6) is 0 Å². The van der Waals surface area contributed by atoms with Crippen LogP contribution in [-0.2, 0) is 9.59 Å². The van der Waals surface area contributed by atoms with Gasteiger partial charge in [-0.2, -0.15) is 0 Å². The van der Waals surface area contributed by atoms with E-state index < -0.39 is 17.7 Å². The number of anilines is 1. The maximum absolute atomic E-state index is 12.8. The fourth-order valence-electron chi connectivity index (χ4n) is 5.20. The molecule has 2 heterocycles. The number of carbonyl (C=O) groups excluding carboxylic acids is 3. The summed E-state index contributed by atoms with van der Waals surface area (Å²) in [5.41, 5.74) is 1.08. The Morgan fingerprint density at radius 3 is 2.65 bits per heavy atom. The van der Waals surface area contributed by atoms with Crippen molar-refractivity contribution in [1.29, 1.82) is 0 Å². The molecule has 2 aliphatic heterocycles. The normalized spacial score (nSPS) is 28.6. The zero-order valence-corrected chi connectivity index (χ0v) is 18.5. The van der Waals surface area contributed by atoms with Crippen molar-refractivity contribution in [3.63, 3.8) is 0 Å². The molecular weight excluding hydrogens is 394 g/mol. The third-order valence-corrected chi connectivity index (χ3v) is 7.26. The Labute approximate surface area is 183 Å². The zero-order valence-electron chi connectivity index (χ0n) is 18.5. The van der Waals surface area contributed by atoms with Gasteiger partial charge in [-0.25, -0.2) is 9.69 Å². The van der Waals surface area contributed by atoms with Gasteiger partial charge in [0.25, 0.3) is 5.91 Å². The lowest BCUT2D eigenvalue weighted by Crippen LogP contribution is -2.54. The molecule has 4 rings (SSSR count). The number of hydrogen-bond acceptors (Lipinski definition) is 4. The minimum Gasteiger partial charge on any atom is -0.389 e. The van der Waals surface area contributed by atoms with Crippen LogP contribution in [-0.4, -0.2) is 52.6 Å². The summed E-state index contributed by atoms with van der Waals surface area (Å²) in [6.45, 7) is 5.33. The van der Waals surface area contributed by atoms with Gasteiger partial charge in [-0.05, 0) is 49.3 Å². The highest BCUT2D eigenvalue weighted by molar-refractivity contribution is 6.21. The van der Waals surface area contributed by atoms with Gasteiger partial charge in [-0.1, -0.05) is 38.8 Å². The van der Waals surface area contributed by atoms with Crippen LogP contribution >= 0.6 is 0 Å². The Bertz CT molecular complexity index is 853. The Morgan fingerprint density at radius 1 is 1.19 bits per heavy atom. The highest BCUT2D eigenvalue weighted by Crippen LogP contribution is 2.40. The summed E-state index contributed by atoms with van der Waals surface area (Å²) in [5.74, 6) is 0.205. The summed E-state index contributed by atoms with van der Waals surface area (Å²) in [5, 5.41) is 13.5. The van der Waals surface area contributed by atoms with E-state index in [1.165, 1.54) is 4.90 Å². The quantitative estimate of drug-likeness (QED) is 0.707. The van der Waals surface area contributed by atoms with E-state index in [1.807, 2.05) is 17.0 Å². The monoisotopic (exact) mass is 427 g/mol. The van der Waals surface area contributed by atoms with Crippen LogP contribution in [0, 0.1) is 5.92 Å². The summed E-state index contributed by atoms with van der Waals surface area (Å²) < 4.78 is 0. The van der Waals surface area contributed by atoms with Crippen molar-refractivity contribution in [2.75, 3.05) is 18.0 Å². The number of imide groups is 1. The number of nitrogens with zero attached hydrogens (tertiary/aromatic N) is 2. The van der Waals surface area contributed by atoms with Crippen LogP contribution in [0.1, 0.15) is 70.3 Å². The molecule has 168 valence electrons. The number of nitrogens with one attached hydrogen (secondary N) is 1. The van der Waals surface area contributed by atoms with Gasteiger partial charge in [0.1, 0.15) is 6.04 Å². The van der Waals surface area contributed by atoms with Crippen LogP contribution in [0.15, 0.2) is 24.3 Å². The number of piperidine rings is 1. The first kappa shape index (κ1) is 21.8. The first-order chi connectivity index (χ1) is 14.8. The zero-order chi connectivity index (χ0) is 22.2. The van der Waals surface area contributed by atoms with Gasteiger partial charge in [0.2, 0.25) is 5.91 Å². The topological polar surface area (TPSA) is 90.0 Å². The van der Waals surface area contributed by atoms with E-state index in [1.54, 1.807) is 12.1 Å². The smallest absolute Gasteiger partial charge is 0.329 e. The van der Waals surface area contributed by atoms with Crippen LogP contribution < -0.4 is 10.2 Å². The van der Waals surface area contributed by atoms with Crippen molar-refractivity contribution in [3.05, 3.63) is 29.8 Å². The second-order valence-electron chi connectivity index (χ2n) is 9.60. The average Bonchev–Trinajstić information content (AvgIpc) is 3.04. The number of fused-ring (bicyclic) bond motifs is 1. The predicted octanol–water partition coefficient (Wildman–Crippen LogP) is 3.17. The van der Waals surface area contributed by atoms with Crippen LogP contribution in [0.3, 0.4) is 0 Å². The molecule has 1 aromatic carbocycles. The predicted molar refractivity (Wildman–Crippen MR) is 118 cm³/mol. The second kappa shape index (κ2) is 8.61. The molecular formula is C24H33N3O4. The minimum atomic E-state index is -0.683. The maximum atomic E-state index is 12.8. The van der Waals surface area contributed by atoms with E-state index in [-0.39, 0.29) is 30.6 Å². The molecule has 4 amide bonds. The molecule has 0 bridgehead atoms. The van der Waals surface area contributed by atoms with Crippen molar-refractivity contribution < 1.29 is 19.5 Å². The standard InChI is InChI=1S/C24H33N3O4/c1-16(2)17-6-8-19(9-7-17)27-22(29)20(25-23(27)30)10-11-21(28)26-14-13-24(31)12-4-3-5-18(24)15-26/h6-9,16,18,20,31H,3-5,10-15H2,1-2H3,(H,25,30)/t18-,20+,24+/m1/s1. The molecule has 0 unspecified atom stereocenters. The molecule has 1 aromatic rings. The molecule has 0 spiro atoms. The van der Waals surface area contributed by atoms with E-state index >= 15 is 0 Å². The van der Waals surface area contributed by atoms with Gasteiger partial charge in [0.15, 0.2) is 0 Å². The van der Waals surface area contributed by atoms with Crippen LogP contribution in [0.4, 0.5) is 10.5 Å². The van der Waals surface area contributed by atoms with Crippen molar-refractivity contribution in [2.45, 2.75) is 76.4 Å². The van der Waals surface area contributed by atoms with Gasteiger partial charge in [0, 0.05) is 25.4 Å². The SMILES string of the molecule is CC(C)c1ccc(N2C(=O)N[C@@H](CCC(=O)N3CC[C@@]4(O)CCCC[C@@H]4C3)C2=O)cc1. The summed E-state index contributed by atoms with van der Waals surface area (Å²) in [4.78, 5) is 41.0. The molecule has 1 aliphatic carbocycles. The van der Waals surface area contributed by atoms with E-state index in [9.17, 15) is 19.5 Å². The van der Waals surface area contributed by atoms with E-state index in [0.29, 0.717) is 31.1 Å². The van der Waals surface area contributed by atoms with Gasteiger partial charge in [-0.3, -0.25) is 9.59 Å². The van der Waals surface area contributed by atoms with Gasteiger partial charge < -0.3 is 15.3 Å². The van der Waals surface area contributed by atoms with E-state index in [2.05, 4.69) is 19.2 Å². The van der Waals surface area contributed by atoms with Crippen molar-refractivity contribution in [3.8, 4) is 0 Å². The summed E-state index contributed by atoms with van der Waals surface area (Å²) >= 11 is 0. The minimum absolute atomic E-state index is 0.00518. The van der Waals surface area contributed by atoms with Crippen molar-refractivity contribution in [2.24, 2.45) is 5.92 Å². The molecule has 3 fully saturated rings. The second-order valence-corrected chi connectivity index (χ2v) is 9.60. The number of carbonyl (C=O) groups is 3. The Balaban J connectivity index is 1.33. The number of rotatable bonds is 5. The highest BCUT2D eigenvalue weighted by Gasteiger charge is 2.44. The third kappa shape index (κ3) is 4.33. The number of aliphatic hydroxyl groups is 1. The number of amides is 4. The molecule has 7 heteroatoms.